The summed E-state index contributed by atoms with van der Waals surface area (Å²) >= 11 is 0. The minimum atomic E-state index is -0.566. The van der Waals surface area contributed by atoms with Crippen molar-refractivity contribution in [3.8, 4) is 12.3 Å². The maximum Gasteiger partial charge on any atom is 0.114 e. The topological polar surface area (TPSA) is 20.2 Å². The lowest BCUT2D eigenvalue weighted by molar-refractivity contribution is 0.219. The molecule has 78 valence electrons. The third kappa shape index (κ3) is 9.09. The zero-order chi connectivity index (χ0) is 10.6. The number of allylic oxidation sites excluding steroid dienone is 4. The molecule has 0 rings (SSSR count). The van der Waals surface area contributed by atoms with Crippen molar-refractivity contribution in [2.45, 2.75) is 45.1 Å². The Morgan fingerprint density at radius 1 is 1.29 bits per heavy atom. The van der Waals surface area contributed by atoms with Gasteiger partial charge in [-0.05, 0) is 32.1 Å². The second kappa shape index (κ2) is 10.1. The van der Waals surface area contributed by atoms with Gasteiger partial charge < -0.3 is 5.11 Å². The molecule has 1 N–H and O–H groups in total. The van der Waals surface area contributed by atoms with Crippen molar-refractivity contribution in [2.75, 3.05) is 0 Å². The molecule has 0 aliphatic rings. The lowest BCUT2D eigenvalue weighted by Gasteiger charge is -1.99. The van der Waals surface area contributed by atoms with E-state index in [4.69, 9.17) is 11.5 Å². The van der Waals surface area contributed by atoms with Crippen LogP contribution in [0.3, 0.4) is 0 Å². The van der Waals surface area contributed by atoms with Crippen LogP contribution in [0.1, 0.15) is 39.0 Å². The van der Waals surface area contributed by atoms with Crippen LogP contribution < -0.4 is 0 Å². The quantitative estimate of drug-likeness (QED) is 0.373. The van der Waals surface area contributed by atoms with Crippen LogP contribution >= 0.6 is 0 Å². The molecule has 0 aromatic carbocycles. The largest absolute Gasteiger partial charge is 0.380 e. The summed E-state index contributed by atoms with van der Waals surface area (Å²) in [5, 5.41) is 9.06. The van der Waals surface area contributed by atoms with Crippen LogP contribution in [-0.4, -0.2) is 11.2 Å². The van der Waals surface area contributed by atoms with Crippen LogP contribution in [0.2, 0.25) is 0 Å². The molecule has 1 nitrogen and oxygen atoms in total. The summed E-state index contributed by atoms with van der Waals surface area (Å²) in [5.41, 5.74) is 0. The molecule has 0 spiro atoms. The normalized spacial score (nSPS) is 13.5. The first-order chi connectivity index (χ1) is 6.81. The molecule has 14 heavy (non-hydrogen) atoms. The van der Waals surface area contributed by atoms with Gasteiger partial charge in [0.15, 0.2) is 0 Å². The number of terminal acetylenes is 1. The minimum absolute atomic E-state index is 0.566. The van der Waals surface area contributed by atoms with E-state index in [1.807, 2.05) is 0 Å². The SMILES string of the molecule is C#CC(O)CCC/C=C\C/C=C\CC. The molecule has 0 saturated heterocycles. The van der Waals surface area contributed by atoms with E-state index in [1.165, 1.54) is 0 Å². The lowest BCUT2D eigenvalue weighted by atomic mass is 10.1. The highest BCUT2D eigenvalue weighted by molar-refractivity contribution is 4.94. The molecule has 0 fully saturated rings. The van der Waals surface area contributed by atoms with E-state index in [0.29, 0.717) is 6.42 Å². The Kier molecular flexibility index (Phi) is 9.36. The molecule has 1 heteroatoms. The molecule has 1 unspecified atom stereocenters. The lowest BCUT2D eigenvalue weighted by Crippen LogP contribution is -2.00. The second-order valence-electron chi connectivity index (χ2n) is 3.20. The summed E-state index contributed by atoms with van der Waals surface area (Å²) < 4.78 is 0. The number of hydrogen-bond donors (Lipinski definition) is 1. The fourth-order valence-corrected chi connectivity index (χ4v) is 1.07. The Hall–Kier alpha value is -1.00. The monoisotopic (exact) mass is 192 g/mol. The molecule has 0 aliphatic heterocycles. The van der Waals surface area contributed by atoms with Crippen LogP contribution in [-0.2, 0) is 0 Å². The number of hydrogen-bond acceptors (Lipinski definition) is 1. The predicted octanol–water partition coefficient (Wildman–Crippen LogP) is 3.06. The molecule has 0 heterocycles. The van der Waals surface area contributed by atoms with Crippen LogP contribution in [0.4, 0.5) is 0 Å². The average Bonchev–Trinajstić information content (AvgIpc) is 2.21. The van der Waals surface area contributed by atoms with Gasteiger partial charge in [0.2, 0.25) is 0 Å². The summed E-state index contributed by atoms with van der Waals surface area (Å²) in [6.07, 6.45) is 17.8. The van der Waals surface area contributed by atoms with Crippen molar-refractivity contribution < 1.29 is 5.11 Å². The molecular formula is C13H20O. The van der Waals surface area contributed by atoms with Gasteiger partial charge in [-0.1, -0.05) is 37.1 Å². The Balaban J connectivity index is 3.28. The Bertz CT molecular complexity index is 208. The van der Waals surface area contributed by atoms with Crippen molar-refractivity contribution in [2.24, 2.45) is 0 Å². The number of rotatable bonds is 7. The Morgan fingerprint density at radius 2 is 2.00 bits per heavy atom. The van der Waals surface area contributed by atoms with Crippen molar-refractivity contribution in [1.82, 2.24) is 0 Å². The van der Waals surface area contributed by atoms with Crippen molar-refractivity contribution in [3.63, 3.8) is 0 Å². The standard InChI is InChI=1S/C13H20O/c1-3-5-6-7-8-9-10-11-12-13(14)4-2/h2,5-6,8-9,13-14H,3,7,10-12H2,1H3/b6-5-,9-8-. The van der Waals surface area contributed by atoms with Gasteiger partial charge in [0.1, 0.15) is 6.10 Å². The smallest absolute Gasteiger partial charge is 0.114 e. The van der Waals surface area contributed by atoms with Gasteiger partial charge in [0.05, 0.1) is 0 Å². The summed E-state index contributed by atoms with van der Waals surface area (Å²) in [4.78, 5) is 0. The van der Waals surface area contributed by atoms with Crippen LogP contribution in [0.15, 0.2) is 24.3 Å². The first kappa shape index (κ1) is 13.0. The van der Waals surface area contributed by atoms with Crippen molar-refractivity contribution >= 4 is 0 Å². The van der Waals surface area contributed by atoms with Gasteiger partial charge in [0, 0.05) is 0 Å². The van der Waals surface area contributed by atoms with Crippen LogP contribution in [0, 0.1) is 12.3 Å². The van der Waals surface area contributed by atoms with E-state index in [1.54, 1.807) is 0 Å². The van der Waals surface area contributed by atoms with Crippen LogP contribution in [0.25, 0.3) is 0 Å². The van der Waals surface area contributed by atoms with Gasteiger partial charge in [-0.3, -0.25) is 0 Å². The highest BCUT2D eigenvalue weighted by Gasteiger charge is 1.95. The van der Waals surface area contributed by atoms with Crippen molar-refractivity contribution in [1.29, 1.82) is 0 Å². The van der Waals surface area contributed by atoms with E-state index >= 15 is 0 Å². The molecule has 0 aliphatic carbocycles. The third-order valence-electron chi connectivity index (χ3n) is 1.88. The highest BCUT2D eigenvalue weighted by Crippen LogP contribution is 2.01. The third-order valence-corrected chi connectivity index (χ3v) is 1.88. The van der Waals surface area contributed by atoms with Gasteiger partial charge in [-0.2, -0.15) is 0 Å². The number of aliphatic hydroxyl groups excluding tert-OH is 1. The maximum atomic E-state index is 9.06. The first-order valence-electron chi connectivity index (χ1n) is 5.25. The molecule has 0 saturated carbocycles. The van der Waals surface area contributed by atoms with Gasteiger partial charge in [0.25, 0.3) is 0 Å². The van der Waals surface area contributed by atoms with Crippen LogP contribution in [0.5, 0.6) is 0 Å². The molecule has 0 radical (unpaired) electrons. The van der Waals surface area contributed by atoms with Gasteiger partial charge in [-0.15, -0.1) is 6.42 Å². The summed E-state index contributed by atoms with van der Waals surface area (Å²) in [6.45, 7) is 2.13. The minimum Gasteiger partial charge on any atom is -0.380 e. The Morgan fingerprint density at radius 3 is 2.64 bits per heavy atom. The molecule has 0 aromatic rings. The zero-order valence-electron chi connectivity index (χ0n) is 8.95. The zero-order valence-corrected chi connectivity index (χ0v) is 8.95. The van der Waals surface area contributed by atoms with E-state index in [-0.39, 0.29) is 0 Å². The molecule has 0 aromatic heterocycles. The highest BCUT2D eigenvalue weighted by atomic mass is 16.3. The molecule has 0 amide bonds. The number of unbranched alkanes of at least 4 members (excludes halogenated alkanes) is 1. The first-order valence-corrected chi connectivity index (χ1v) is 5.25. The second-order valence-corrected chi connectivity index (χ2v) is 3.20. The number of aliphatic hydroxyl groups is 1. The fraction of sp³-hybridized carbons (Fsp3) is 0.538. The molecule has 1 atom stereocenters. The van der Waals surface area contributed by atoms with E-state index in [2.05, 4.69) is 37.1 Å². The summed E-state index contributed by atoms with van der Waals surface area (Å²) in [6, 6.07) is 0. The van der Waals surface area contributed by atoms with Crippen molar-refractivity contribution in [3.05, 3.63) is 24.3 Å². The summed E-state index contributed by atoms with van der Waals surface area (Å²) in [7, 11) is 0. The maximum absolute atomic E-state index is 9.06. The van der Waals surface area contributed by atoms with Gasteiger partial charge >= 0.3 is 0 Å². The van der Waals surface area contributed by atoms with Gasteiger partial charge in [-0.25, -0.2) is 0 Å². The fourth-order valence-electron chi connectivity index (χ4n) is 1.07. The van der Waals surface area contributed by atoms with E-state index in [0.717, 1.165) is 25.7 Å². The predicted molar refractivity (Wildman–Crippen MR) is 61.9 cm³/mol. The molecule has 0 bridgehead atoms. The van der Waals surface area contributed by atoms with E-state index in [9.17, 15) is 0 Å². The van der Waals surface area contributed by atoms with E-state index < -0.39 is 6.10 Å². The Labute approximate surface area is 87.5 Å². The molecular weight excluding hydrogens is 172 g/mol. The average molecular weight is 192 g/mol. The summed E-state index contributed by atoms with van der Waals surface area (Å²) in [5.74, 6) is 2.30.